The number of benzene rings is 2. The minimum absolute atomic E-state index is 0.0245. The predicted molar refractivity (Wildman–Crippen MR) is 128 cm³/mol. The van der Waals surface area contributed by atoms with Crippen molar-refractivity contribution in [2.75, 3.05) is 11.4 Å². The van der Waals surface area contributed by atoms with Gasteiger partial charge in [-0.2, -0.15) is 0 Å². The first-order valence-electron chi connectivity index (χ1n) is 12.2. The predicted octanol–water partition coefficient (Wildman–Crippen LogP) is 6.84. The number of hydrogen-bond donors (Lipinski definition) is 0. The molecule has 2 aromatic carbocycles. The maximum atomic E-state index is 14.3. The minimum atomic E-state index is -0.353. The average Bonchev–Trinajstić information content (AvgIpc) is 3.36. The van der Waals surface area contributed by atoms with Gasteiger partial charge in [0, 0.05) is 25.4 Å². The molecule has 32 heavy (non-hydrogen) atoms. The Morgan fingerprint density at radius 3 is 2.41 bits per heavy atom. The molecule has 0 saturated carbocycles. The molecule has 1 aromatic heterocycles. The van der Waals surface area contributed by atoms with Crippen molar-refractivity contribution in [2.24, 2.45) is 0 Å². The van der Waals surface area contributed by atoms with Crippen molar-refractivity contribution in [1.29, 1.82) is 0 Å². The monoisotopic (exact) mass is 435 g/mol. The first kappa shape index (κ1) is 22.5. The van der Waals surface area contributed by atoms with Crippen molar-refractivity contribution >= 4 is 22.6 Å². The fraction of sp³-hybridized carbons (Fsp3) is 0.481. The Labute approximate surface area is 190 Å². The van der Waals surface area contributed by atoms with Gasteiger partial charge in [0.1, 0.15) is 11.6 Å². The summed E-state index contributed by atoms with van der Waals surface area (Å²) >= 11 is 0. The summed E-state index contributed by atoms with van der Waals surface area (Å²) in [5.41, 5.74) is 2.46. The molecule has 0 radical (unpaired) electrons. The van der Waals surface area contributed by atoms with E-state index in [0.29, 0.717) is 18.7 Å². The van der Waals surface area contributed by atoms with Gasteiger partial charge in [0.05, 0.1) is 16.7 Å². The third-order valence-corrected chi connectivity index (χ3v) is 6.55. The molecule has 4 rings (SSSR count). The molecule has 1 atom stereocenters. The van der Waals surface area contributed by atoms with Gasteiger partial charge < -0.3 is 9.47 Å². The number of imidazole rings is 1. The molecule has 1 aliphatic heterocycles. The molecule has 4 nitrogen and oxygen atoms in total. The highest BCUT2D eigenvalue weighted by atomic mass is 19.1. The molecule has 0 spiro atoms. The van der Waals surface area contributed by atoms with Crippen molar-refractivity contribution < 1.29 is 9.18 Å². The Balaban J connectivity index is 1.46. The van der Waals surface area contributed by atoms with E-state index in [2.05, 4.69) is 17.6 Å². The maximum Gasteiger partial charge on any atom is 0.227 e. The summed E-state index contributed by atoms with van der Waals surface area (Å²) in [5, 5.41) is 0. The molecule has 2 heterocycles. The molecule has 0 N–H and O–H groups in total. The molecular formula is C27H34FN3O. The molecule has 170 valence electrons. The summed E-state index contributed by atoms with van der Waals surface area (Å²) in [4.78, 5) is 19.3. The number of rotatable bonds is 11. The van der Waals surface area contributed by atoms with Gasteiger partial charge in [-0.05, 0) is 30.7 Å². The number of aromatic nitrogens is 2. The Morgan fingerprint density at radius 2 is 1.62 bits per heavy atom. The molecule has 1 amide bonds. The van der Waals surface area contributed by atoms with E-state index in [-0.39, 0.29) is 17.6 Å². The first-order chi connectivity index (χ1) is 15.7. The quantitative estimate of drug-likeness (QED) is 0.309. The number of fused-ring (bicyclic) bond motifs is 1. The van der Waals surface area contributed by atoms with Crippen LogP contribution in [0.25, 0.3) is 11.0 Å². The summed E-state index contributed by atoms with van der Waals surface area (Å²) in [6.07, 6.45) is 10.6. The summed E-state index contributed by atoms with van der Waals surface area (Å²) in [5.74, 6) is 0.546. The Bertz CT molecular complexity index is 1040. The van der Waals surface area contributed by atoms with Gasteiger partial charge >= 0.3 is 0 Å². The normalized spacial score (nSPS) is 16.4. The Kier molecular flexibility index (Phi) is 7.56. The maximum absolute atomic E-state index is 14.3. The van der Waals surface area contributed by atoms with E-state index >= 15 is 0 Å². The highest BCUT2D eigenvalue weighted by Crippen LogP contribution is 2.34. The average molecular weight is 436 g/mol. The fourth-order valence-electron chi connectivity index (χ4n) is 4.83. The SMILES string of the molecule is CCCCCCCCCCn1c(C2CC(=O)N(c3ccccc3F)C2)nc2ccccc21. The van der Waals surface area contributed by atoms with Gasteiger partial charge in [0.25, 0.3) is 0 Å². The lowest BCUT2D eigenvalue weighted by atomic mass is 10.1. The molecule has 1 unspecified atom stereocenters. The number of carbonyl (C=O) groups is 1. The number of amides is 1. The van der Waals surface area contributed by atoms with E-state index in [1.165, 1.54) is 51.0 Å². The van der Waals surface area contributed by atoms with Crippen molar-refractivity contribution in [2.45, 2.75) is 77.2 Å². The second kappa shape index (κ2) is 10.8. The second-order valence-electron chi connectivity index (χ2n) is 8.94. The standard InChI is InChI=1S/C27H34FN3O/c1-2-3-4-5-6-7-8-13-18-30-25-17-12-10-15-23(25)29-27(30)21-19-26(32)31(20-21)24-16-11-9-14-22(24)28/h9-12,14-17,21H,2-8,13,18-20H2,1H3. The summed E-state index contributed by atoms with van der Waals surface area (Å²) < 4.78 is 16.6. The number of unbranched alkanes of at least 4 members (excludes halogenated alkanes) is 7. The largest absolute Gasteiger partial charge is 0.328 e. The highest BCUT2D eigenvalue weighted by molar-refractivity contribution is 5.96. The van der Waals surface area contributed by atoms with E-state index < -0.39 is 0 Å². The number of carbonyl (C=O) groups excluding carboxylic acids is 1. The van der Waals surface area contributed by atoms with E-state index in [9.17, 15) is 9.18 Å². The van der Waals surface area contributed by atoms with Crippen LogP contribution in [-0.2, 0) is 11.3 Å². The van der Waals surface area contributed by atoms with Crippen LogP contribution in [0.4, 0.5) is 10.1 Å². The fourth-order valence-corrected chi connectivity index (χ4v) is 4.83. The van der Waals surface area contributed by atoms with Gasteiger partial charge in [-0.15, -0.1) is 0 Å². The highest BCUT2D eigenvalue weighted by Gasteiger charge is 2.35. The Morgan fingerprint density at radius 1 is 0.938 bits per heavy atom. The number of para-hydroxylation sites is 3. The van der Waals surface area contributed by atoms with E-state index in [0.717, 1.165) is 29.8 Å². The minimum Gasteiger partial charge on any atom is -0.328 e. The van der Waals surface area contributed by atoms with Gasteiger partial charge in [-0.25, -0.2) is 9.37 Å². The first-order valence-corrected chi connectivity index (χ1v) is 12.2. The number of nitrogens with zero attached hydrogens (tertiary/aromatic N) is 3. The van der Waals surface area contributed by atoms with Crippen molar-refractivity contribution in [3.63, 3.8) is 0 Å². The van der Waals surface area contributed by atoms with Gasteiger partial charge in [0.2, 0.25) is 5.91 Å². The van der Waals surface area contributed by atoms with Crippen LogP contribution >= 0.6 is 0 Å². The van der Waals surface area contributed by atoms with Crippen molar-refractivity contribution in [3.05, 3.63) is 60.2 Å². The lowest BCUT2D eigenvalue weighted by Crippen LogP contribution is -2.25. The van der Waals surface area contributed by atoms with Crippen LogP contribution in [0.1, 0.15) is 76.5 Å². The lowest BCUT2D eigenvalue weighted by Gasteiger charge is -2.18. The zero-order chi connectivity index (χ0) is 22.3. The van der Waals surface area contributed by atoms with Crippen LogP contribution < -0.4 is 4.90 Å². The lowest BCUT2D eigenvalue weighted by molar-refractivity contribution is -0.117. The summed E-state index contributed by atoms with van der Waals surface area (Å²) in [6.45, 7) is 3.64. The molecule has 0 aliphatic carbocycles. The molecule has 1 aliphatic rings. The molecule has 1 saturated heterocycles. The zero-order valence-corrected chi connectivity index (χ0v) is 19.1. The van der Waals surface area contributed by atoms with E-state index in [1.807, 2.05) is 18.2 Å². The summed E-state index contributed by atoms with van der Waals surface area (Å²) in [6, 6.07) is 14.7. The van der Waals surface area contributed by atoms with Gasteiger partial charge in [0.15, 0.2) is 0 Å². The van der Waals surface area contributed by atoms with Crippen LogP contribution in [0.5, 0.6) is 0 Å². The number of hydrogen-bond acceptors (Lipinski definition) is 2. The van der Waals surface area contributed by atoms with Crippen molar-refractivity contribution in [3.8, 4) is 0 Å². The van der Waals surface area contributed by atoms with Gasteiger partial charge in [-0.3, -0.25) is 4.79 Å². The molecule has 1 fully saturated rings. The molecule has 3 aromatic rings. The van der Waals surface area contributed by atoms with Crippen LogP contribution in [-0.4, -0.2) is 22.0 Å². The molecule has 0 bridgehead atoms. The summed E-state index contributed by atoms with van der Waals surface area (Å²) in [7, 11) is 0. The van der Waals surface area contributed by atoms with Crippen molar-refractivity contribution in [1.82, 2.24) is 9.55 Å². The van der Waals surface area contributed by atoms with E-state index in [4.69, 9.17) is 4.98 Å². The van der Waals surface area contributed by atoms with Crippen LogP contribution in [0.15, 0.2) is 48.5 Å². The van der Waals surface area contributed by atoms with E-state index in [1.54, 1.807) is 23.1 Å². The molecular weight excluding hydrogens is 401 g/mol. The third-order valence-electron chi connectivity index (χ3n) is 6.55. The number of halogens is 1. The Hall–Kier alpha value is -2.69. The number of aryl methyl sites for hydroxylation is 1. The van der Waals surface area contributed by atoms with Crippen LogP contribution in [0.2, 0.25) is 0 Å². The number of anilines is 1. The van der Waals surface area contributed by atoms with Gasteiger partial charge in [-0.1, -0.05) is 76.1 Å². The van der Waals surface area contributed by atoms with Crippen LogP contribution in [0, 0.1) is 5.82 Å². The zero-order valence-electron chi connectivity index (χ0n) is 19.1. The van der Waals surface area contributed by atoms with Crippen LogP contribution in [0.3, 0.4) is 0 Å². The second-order valence-corrected chi connectivity index (χ2v) is 8.94. The smallest absolute Gasteiger partial charge is 0.227 e. The third kappa shape index (κ3) is 5.03. The molecule has 5 heteroatoms. The topological polar surface area (TPSA) is 38.1 Å².